The van der Waals surface area contributed by atoms with Gasteiger partial charge >= 0.3 is 0 Å². The monoisotopic (exact) mass is 310 g/mol. The first-order valence-electron chi connectivity index (χ1n) is 6.22. The molecule has 20 heavy (non-hydrogen) atoms. The Bertz CT molecular complexity index is 776. The third kappa shape index (κ3) is 2.86. The number of imidazole rings is 1. The van der Waals surface area contributed by atoms with Crippen molar-refractivity contribution in [3.05, 3.63) is 40.9 Å². The fourth-order valence-electron chi connectivity index (χ4n) is 2.02. The molecule has 1 heterocycles. The van der Waals surface area contributed by atoms with Crippen molar-refractivity contribution in [3.8, 4) is 5.69 Å². The van der Waals surface area contributed by atoms with E-state index in [0.717, 1.165) is 11.4 Å². The molecule has 0 saturated carbocycles. The molecule has 108 valence electrons. The molecule has 0 aliphatic rings. The Morgan fingerprint density at radius 1 is 1.15 bits per heavy atom. The number of hydrogen-bond donors (Lipinski definition) is 1. The van der Waals surface area contributed by atoms with E-state index in [-0.39, 0.29) is 5.41 Å². The van der Waals surface area contributed by atoms with Crippen LogP contribution < -0.4 is 0 Å². The molecule has 6 heteroatoms. The van der Waals surface area contributed by atoms with Gasteiger partial charge in [-0.2, -0.15) is 0 Å². The zero-order chi connectivity index (χ0) is 15.1. The molecule has 0 aliphatic carbocycles. The van der Waals surface area contributed by atoms with Crippen molar-refractivity contribution in [1.82, 2.24) is 9.55 Å². The van der Waals surface area contributed by atoms with Gasteiger partial charge < -0.3 is 4.98 Å². The zero-order valence-electron chi connectivity index (χ0n) is 12.0. The lowest BCUT2D eigenvalue weighted by atomic mass is 9.92. The molecule has 2 rings (SSSR count). The van der Waals surface area contributed by atoms with Gasteiger partial charge in [-0.25, -0.2) is 8.42 Å². The van der Waals surface area contributed by atoms with Crippen LogP contribution in [0.4, 0.5) is 0 Å². The maximum absolute atomic E-state index is 11.5. The summed E-state index contributed by atoms with van der Waals surface area (Å²) in [4.78, 5) is 3.35. The van der Waals surface area contributed by atoms with Gasteiger partial charge in [0.15, 0.2) is 14.6 Å². The van der Waals surface area contributed by atoms with E-state index in [0.29, 0.717) is 9.67 Å². The Kier molecular flexibility index (Phi) is 3.64. The van der Waals surface area contributed by atoms with E-state index in [1.807, 2.05) is 10.8 Å². The number of aromatic amines is 1. The minimum absolute atomic E-state index is 0.0664. The molecule has 4 nitrogen and oxygen atoms in total. The Morgan fingerprint density at radius 3 is 2.15 bits per heavy atom. The quantitative estimate of drug-likeness (QED) is 0.866. The molecule has 0 atom stereocenters. The van der Waals surface area contributed by atoms with Gasteiger partial charge in [-0.3, -0.25) is 4.57 Å². The molecule has 2 aromatic rings. The van der Waals surface area contributed by atoms with Gasteiger partial charge in [-0.15, -0.1) is 0 Å². The second-order valence-corrected chi connectivity index (χ2v) is 8.23. The van der Waals surface area contributed by atoms with E-state index >= 15 is 0 Å². The standard InChI is InChI=1S/C14H18N2O2S2/c1-14(2,3)12-9-15-13(19)16(12)10-5-7-11(8-6-10)20(4,17)18/h5-9H,1-4H3,(H,15,19). The minimum atomic E-state index is -3.18. The van der Waals surface area contributed by atoms with Crippen molar-refractivity contribution in [3.63, 3.8) is 0 Å². The number of sulfone groups is 1. The van der Waals surface area contributed by atoms with E-state index in [9.17, 15) is 8.42 Å². The van der Waals surface area contributed by atoms with Crippen LogP contribution in [-0.4, -0.2) is 24.2 Å². The second-order valence-electron chi connectivity index (χ2n) is 5.83. The maximum atomic E-state index is 11.5. The number of hydrogen-bond acceptors (Lipinski definition) is 3. The number of aromatic nitrogens is 2. The number of nitrogens with zero attached hydrogens (tertiary/aromatic N) is 1. The predicted molar refractivity (Wildman–Crippen MR) is 82.8 cm³/mol. The lowest BCUT2D eigenvalue weighted by molar-refractivity contribution is 0.555. The van der Waals surface area contributed by atoms with Gasteiger partial charge in [-0.1, -0.05) is 20.8 Å². The third-order valence-corrected chi connectivity index (χ3v) is 4.50. The smallest absolute Gasteiger partial charge is 0.182 e. The SMILES string of the molecule is CC(C)(C)c1c[nH]c(=S)n1-c1ccc(S(C)(=O)=O)cc1. The molecule has 1 aromatic heterocycles. The van der Waals surface area contributed by atoms with Crippen LogP contribution in [0.2, 0.25) is 0 Å². The van der Waals surface area contributed by atoms with Crippen molar-refractivity contribution in [1.29, 1.82) is 0 Å². The van der Waals surface area contributed by atoms with Crippen molar-refractivity contribution >= 4 is 22.1 Å². The van der Waals surface area contributed by atoms with Crippen LogP contribution in [0.1, 0.15) is 26.5 Å². The molecular formula is C14H18N2O2S2. The largest absolute Gasteiger partial charge is 0.337 e. The first-order valence-corrected chi connectivity index (χ1v) is 8.52. The van der Waals surface area contributed by atoms with E-state index in [1.54, 1.807) is 24.3 Å². The van der Waals surface area contributed by atoms with Gasteiger partial charge in [0, 0.05) is 29.2 Å². The van der Waals surface area contributed by atoms with Gasteiger partial charge in [0.05, 0.1) is 4.90 Å². The summed E-state index contributed by atoms with van der Waals surface area (Å²) >= 11 is 5.32. The molecule has 0 unspecified atom stereocenters. The molecule has 1 N–H and O–H groups in total. The molecule has 0 aliphatic heterocycles. The Balaban J connectivity index is 2.59. The summed E-state index contributed by atoms with van der Waals surface area (Å²) in [5.41, 5.74) is 1.84. The molecular weight excluding hydrogens is 292 g/mol. The summed E-state index contributed by atoms with van der Waals surface area (Å²) in [6.07, 6.45) is 3.09. The van der Waals surface area contributed by atoms with Crippen LogP contribution in [0.5, 0.6) is 0 Å². The summed E-state index contributed by atoms with van der Waals surface area (Å²) < 4.78 is 25.5. The van der Waals surface area contributed by atoms with E-state index in [4.69, 9.17) is 12.2 Å². The van der Waals surface area contributed by atoms with Crippen molar-refractivity contribution in [2.24, 2.45) is 0 Å². The van der Waals surface area contributed by atoms with Crippen LogP contribution in [0, 0.1) is 4.77 Å². The van der Waals surface area contributed by atoms with E-state index in [2.05, 4.69) is 25.8 Å². The highest BCUT2D eigenvalue weighted by atomic mass is 32.2. The third-order valence-electron chi connectivity index (χ3n) is 3.07. The lowest BCUT2D eigenvalue weighted by Crippen LogP contribution is -2.16. The van der Waals surface area contributed by atoms with Crippen LogP contribution in [0.15, 0.2) is 35.4 Å². The number of rotatable bonds is 2. The van der Waals surface area contributed by atoms with Gasteiger partial charge in [0.2, 0.25) is 0 Å². The molecule has 0 spiro atoms. The Hall–Kier alpha value is -1.40. The summed E-state index contributed by atoms with van der Waals surface area (Å²) in [5.74, 6) is 0. The number of H-pyrrole nitrogens is 1. The van der Waals surface area contributed by atoms with Crippen molar-refractivity contribution in [2.45, 2.75) is 31.1 Å². The first kappa shape index (κ1) is 15.0. The van der Waals surface area contributed by atoms with Crippen LogP contribution in [0.25, 0.3) is 5.69 Å². The normalized spacial score (nSPS) is 12.6. The van der Waals surface area contributed by atoms with E-state index < -0.39 is 9.84 Å². The summed E-state index contributed by atoms with van der Waals surface area (Å²) in [5, 5.41) is 0. The predicted octanol–water partition coefficient (Wildman–Crippen LogP) is 3.24. The highest BCUT2D eigenvalue weighted by Crippen LogP contribution is 2.25. The van der Waals surface area contributed by atoms with Gasteiger partial charge in [0.1, 0.15) is 0 Å². The molecule has 0 fully saturated rings. The van der Waals surface area contributed by atoms with Crippen LogP contribution in [0.3, 0.4) is 0 Å². The first-order chi connectivity index (χ1) is 9.10. The Labute approximate surface area is 124 Å². The molecule has 0 amide bonds. The molecule has 1 aromatic carbocycles. The average molecular weight is 310 g/mol. The summed E-state index contributed by atoms with van der Waals surface area (Å²) in [6, 6.07) is 6.75. The second kappa shape index (κ2) is 4.86. The summed E-state index contributed by atoms with van der Waals surface area (Å²) in [6.45, 7) is 6.31. The Morgan fingerprint density at radius 2 is 1.70 bits per heavy atom. The highest BCUT2D eigenvalue weighted by Gasteiger charge is 2.20. The van der Waals surface area contributed by atoms with Crippen molar-refractivity contribution in [2.75, 3.05) is 6.26 Å². The topological polar surface area (TPSA) is 54.9 Å². The lowest BCUT2D eigenvalue weighted by Gasteiger charge is -2.20. The minimum Gasteiger partial charge on any atom is -0.337 e. The highest BCUT2D eigenvalue weighted by molar-refractivity contribution is 7.90. The average Bonchev–Trinajstić information content (AvgIpc) is 2.70. The molecule has 0 radical (unpaired) electrons. The van der Waals surface area contributed by atoms with Gasteiger partial charge in [0.25, 0.3) is 0 Å². The van der Waals surface area contributed by atoms with Gasteiger partial charge in [-0.05, 0) is 36.5 Å². The number of benzene rings is 1. The van der Waals surface area contributed by atoms with Crippen LogP contribution >= 0.6 is 12.2 Å². The maximum Gasteiger partial charge on any atom is 0.182 e. The fraction of sp³-hybridized carbons (Fsp3) is 0.357. The molecule has 0 bridgehead atoms. The fourth-order valence-corrected chi connectivity index (χ4v) is 2.91. The van der Waals surface area contributed by atoms with Crippen LogP contribution in [-0.2, 0) is 15.3 Å². The van der Waals surface area contributed by atoms with E-state index in [1.165, 1.54) is 6.26 Å². The molecule has 0 saturated heterocycles. The number of nitrogens with one attached hydrogen (secondary N) is 1. The zero-order valence-corrected chi connectivity index (χ0v) is 13.6. The van der Waals surface area contributed by atoms with Crippen molar-refractivity contribution < 1.29 is 8.42 Å². The summed E-state index contributed by atoms with van der Waals surface area (Å²) in [7, 11) is -3.18.